The number of anilines is 2. The molecule has 0 radical (unpaired) electrons. The highest BCUT2D eigenvalue weighted by atomic mass is 15.3. The minimum atomic E-state index is -0.0433. The van der Waals surface area contributed by atoms with Gasteiger partial charge < -0.3 is 15.1 Å². The molecule has 1 N–H and O–H groups in total. The van der Waals surface area contributed by atoms with E-state index in [0.29, 0.717) is 6.04 Å². The molecule has 118 valence electrons. The van der Waals surface area contributed by atoms with Gasteiger partial charge in [-0.05, 0) is 26.9 Å². The van der Waals surface area contributed by atoms with Crippen LogP contribution in [-0.4, -0.2) is 55.1 Å². The Morgan fingerprint density at radius 1 is 1.33 bits per heavy atom. The quantitative estimate of drug-likeness (QED) is 0.922. The fourth-order valence-corrected chi connectivity index (χ4v) is 2.79. The summed E-state index contributed by atoms with van der Waals surface area (Å²) < 4.78 is 0. The summed E-state index contributed by atoms with van der Waals surface area (Å²) in [6.07, 6.45) is 2.48. The molecule has 2 heterocycles. The van der Waals surface area contributed by atoms with Crippen molar-refractivity contribution in [3.05, 3.63) is 11.9 Å². The smallest absolute Gasteiger partial charge is 0.138 e. The second-order valence-electron chi connectivity index (χ2n) is 7.19. The fraction of sp³-hybridized carbons (Fsp3) is 0.750. The average molecular weight is 291 g/mol. The van der Waals surface area contributed by atoms with Gasteiger partial charge in [0.2, 0.25) is 0 Å². The van der Waals surface area contributed by atoms with Crippen molar-refractivity contribution in [3.63, 3.8) is 0 Å². The summed E-state index contributed by atoms with van der Waals surface area (Å²) >= 11 is 0. The second-order valence-corrected chi connectivity index (χ2v) is 7.19. The predicted molar refractivity (Wildman–Crippen MR) is 89.2 cm³/mol. The van der Waals surface area contributed by atoms with E-state index in [1.165, 1.54) is 12.8 Å². The van der Waals surface area contributed by atoms with Crippen molar-refractivity contribution in [1.29, 1.82) is 0 Å². The molecule has 1 aliphatic rings. The van der Waals surface area contributed by atoms with Crippen LogP contribution < -0.4 is 10.2 Å². The molecule has 1 unspecified atom stereocenters. The Labute approximate surface area is 128 Å². The number of hydrogen-bond donors (Lipinski definition) is 1. The first-order valence-corrected chi connectivity index (χ1v) is 7.80. The Balaban J connectivity index is 2.33. The van der Waals surface area contributed by atoms with Gasteiger partial charge in [0.1, 0.15) is 17.5 Å². The number of aromatic nitrogens is 2. The fourth-order valence-electron chi connectivity index (χ4n) is 2.79. The SMILES string of the molecule is CNc1cc(N2CCCC2CN(C)C)nc(C(C)(C)C)n1. The molecule has 1 aromatic heterocycles. The highest BCUT2D eigenvalue weighted by molar-refractivity contribution is 5.51. The predicted octanol–water partition coefficient (Wildman–Crippen LogP) is 2.35. The molecule has 0 spiro atoms. The maximum Gasteiger partial charge on any atom is 0.138 e. The minimum absolute atomic E-state index is 0.0433. The van der Waals surface area contributed by atoms with Crippen LogP contribution >= 0.6 is 0 Å². The maximum atomic E-state index is 4.85. The van der Waals surface area contributed by atoms with Gasteiger partial charge in [-0.2, -0.15) is 0 Å². The highest BCUT2D eigenvalue weighted by Crippen LogP contribution is 2.28. The van der Waals surface area contributed by atoms with Crippen molar-refractivity contribution in [1.82, 2.24) is 14.9 Å². The number of nitrogens with zero attached hydrogens (tertiary/aromatic N) is 4. The maximum absolute atomic E-state index is 4.85. The number of likely N-dealkylation sites (N-methyl/N-ethyl adjacent to an activating group) is 1. The van der Waals surface area contributed by atoms with E-state index in [0.717, 1.165) is 30.5 Å². The molecule has 0 amide bonds. The largest absolute Gasteiger partial charge is 0.373 e. The lowest BCUT2D eigenvalue weighted by molar-refractivity contribution is 0.371. The highest BCUT2D eigenvalue weighted by Gasteiger charge is 2.28. The molecule has 0 saturated carbocycles. The van der Waals surface area contributed by atoms with Gasteiger partial charge in [0, 0.05) is 37.7 Å². The Morgan fingerprint density at radius 3 is 2.62 bits per heavy atom. The summed E-state index contributed by atoms with van der Waals surface area (Å²) in [5.74, 6) is 2.86. The van der Waals surface area contributed by atoms with Crippen LogP contribution in [0.25, 0.3) is 0 Å². The van der Waals surface area contributed by atoms with E-state index in [-0.39, 0.29) is 5.41 Å². The van der Waals surface area contributed by atoms with Crippen molar-refractivity contribution >= 4 is 11.6 Å². The molecule has 2 rings (SSSR count). The summed E-state index contributed by atoms with van der Waals surface area (Å²) in [6.45, 7) is 8.64. The molecule has 1 aromatic rings. The van der Waals surface area contributed by atoms with E-state index >= 15 is 0 Å². The summed E-state index contributed by atoms with van der Waals surface area (Å²) in [5, 5.41) is 3.17. The number of rotatable bonds is 4. The molecular weight excluding hydrogens is 262 g/mol. The van der Waals surface area contributed by atoms with Crippen LogP contribution in [-0.2, 0) is 5.41 Å². The molecule has 5 nitrogen and oxygen atoms in total. The normalized spacial score (nSPS) is 19.4. The van der Waals surface area contributed by atoms with Crippen molar-refractivity contribution in [2.45, 2.75) is 45.1 Å². The van der Waals surface area contributed by atoms with Crippen molar-refractivity contribution < 1.29 is 0 Å². The zero-order valence-electron chi connectivity index (χ0n) is 14.3. The summed E-state index contributed by atoms with van der Waals surface area (Å²) in [6, 6.07) is 2.62. The van der Waals surface area contributed by atoms with Crippen LogP contribution in [0.2, 0.25) is 0 Å². The molecular formula is C16H29N5. The molecule has 1 aliphatic heterocycles. The van der Waals surface area contributed by atoms with Gasteiger partial charge in [-0.1, -0.05) is 20.8 Å². The Kier molecular flexibility index (Phi) is 4.71. The number of nitrogens with one attached hydrogen (secondary N) is 1. The van der Waals surface area contributed by atoms with E-state index in [1.54, 1.807) is 0 Å². The Morgan fingerprint density at radius 2 is 2.05 bits per heavy atom. The van der Waals surface area contributed by atoms with Crippen LogP contribution in [0.4, 0.5) is 11.6 Å². The van der Waals surface area contributed by atoms with Crippen LogP contribution in [0.1, 0.15) is 39.4 Å². The van der Waals surface area contributed by atoms with Crippen molar-refractivity contribution in [2.24, 2.45) is 0 Å². The van der Waals surface area contributed by atoms with Gasteiger partial charge >= 0.3 is 0 Å². The molecule has 0 bridgehead atoms. The zero-order chi connectivity index (χ0) is 15.6. The van der Waals surface area contributed by atoms with Crippen LogP contribution in [0.3, 0.4) is 0 Å². The molecule has 1 saturated heterocycles. The topological polar surface area (TPSA) is 44.3 Å². The third-order valence-electron chi connectivity index (χ3n) is 3.89. The standard InChI is InChI=1S/C16H29N5/c1-16(2,3)15-18-13(17-4)10-14(19-15)21-9-7-8-12(21)11-20(5)6/h10,12H,7-9,11H2,1-6H3,(H,17,18,19). The lowest BCUT2D eigenvalue weighted by Gasteiger charge is -2.29. The minimum Gasteiger partial charge on any atom is -0.373 e. The average Bonchev–Trinajstić information content (AvgIpc) is 2.84. The van der Waals surface area contributed by atoms with Crippen molar-refractivity contribution in [3.8, 4) is 0 Å². The Hall–Kier alpha value is -1.36. The Bertz CT molecular complexity index is 478. The summed E-state index contributed by atoms with van der Waals surface area (Å²) in [4.78, 5) is 14.2. The van der Waals surface area contributed by atoms with Gasteiger partial charge in [0.25, 0.3) is 0 Å². The summed E-state index contributed by atoms with van der Waals surface area (Å²) in [7, 11) is 6.19. The van der Waals surface area contributed by atoms with E-state index in [9.17, 15) is 0 Å². The molecule has 1 fully saturated rings. The third-order valence-corrected chi connectivity index (χ3v) is 3.89. The van der Waals surface area contributed by atoms with Gasteiger partial charge in [0.15, 0.2) is 0 Å². The van der Waals surface area contributed by atoms with E-state index in [4.69, 9.17) is 4.98 Å². The monoisotopic (exact) mass is 291 g/mol. The molecule has 21 heavy (non-hydrogen) atoms. The second kappa shape index (κ2) is 6.18. The van der Waals surface area contributed by atoms with Crippen LogP contribution in [0.5, 0.6) is 0 Å². The first kappa shape index (κ1) is 16.0. The zero-order valence-corrected chi connectivity index (χ0v) is 14.3. The lowest BCUT2D eigenvalue weighted by Crippen LogP contribution is -2.38. The van der Waals surface area contributed by atoms with E-state index in [1.807, 2.05) is 7.05 Å². The van der Waals surface area contributed by atoms with Gasteiger partial charge in [-0.25, -0.2) is 9.97 Å². The van der Waals surface area contributed by atoms with Crippen molar-refractivity contribution in [2.75, 3.05) is 44.4 Å². The first-order valence-electron chi connectivity index (χ1n) is 7.80. The molecule has 0 aromatic carbocycles. The molecule has 1 atom stereocenters. The van der Waals surface area contributed by atoms with Gasteiger partial charge in [0.05, 0.1) is 0 Å². The number of hydrogen-bond acceptors (Lipinski definition) is 5. The van der Waals surface area contributed by atoms with Crippen LogP contribution in [0.15, 0.2) is 6.07 Å². The van der Waals surface area contributed by atoms with E-state index in [2.05, 4.69) is 61.0 Å². The summed E-state index contributed by atoms with van der Waals surface area (Å²) in [5.41, 5.74) is -0.0433. The van der Waals surface area contributed by atoms with Gasteiger partial charge in [-0.3, -0.25) is 0 Å². The first-order chi connectivity index (χ1) is 9.81. The lowest BCUT2D eigenvalue weighted by atomic mass is 9.96. The molecule has 5 heteroatoms. The third kappa shape index (κ3) is 3.84. The van der Waals surface area contributed by atoms with Crippen LogP contribution in [0, 0.1) is 0 Å². The molecule has 0 aliphatic carbocycles. The van der Waals surface area contributed by atoms with E-state index < -0.39 is 0 Å². The van der Waals surface area contributed by atoms with Gasteiger partial charge in [-0.15, -0.1) is 0 Å².